The van der Waals surface area contributed by atoms with Crippen LogP contribution in [0.15, 0.2) is 66.9 Å². The maximum Gasteiger partial charge on any atom is 0.146 e. The van der Waals surface area contributed by atoms with E-state index in [0.29, 0.717) is 30.0 Å². The van der Waals surface area contributed by atoms with Gasteiger partial charge in [-0.15, -0.1) is 0 Å². The molecule has 0 amide bonds. The number of rotatable bonds is 5. The van der Waals surface area contributed by atoms with Crippen molar-refractivity contribution >= 4 is 17.3 Å². The molecule has 1 aliphatic heterocycles. The first-order valence-corrected chi connectivity index (χ1v) is 10.1. The summed E-state index contributed by atoms with van der Waals surface area (Å²) in [5.74, 6) is -0.316. The minimum Gasteiger partial charge on any atom is -0.382 e. The molecule has 1 aromatic heterocycles. The highest BCUT2D eigenvalue weighted by atomic mass is 35.5. The van der Waals surface area contributed by atoms with Crippen molar-refractivity contribution in [2.45, 2.75) is 12.6 Å². The van der Waals surface area contributed by atoms with Gasteiger partial charge in [-0.05, 0) is 35.9 Å². The third-order valence-corrected chi connectivity index (χ3v) is 5.54. The number of anilines is 1. The number of hydrogen-bond acceptors (Lipinski definition) is 4. The Morgan fingerprint density at radius 1 is 0.966 bits per heavy atom. The molecule has 2 heterocycles. The van der Waals surface area contributed by atoms with Crippen LogP contribution in [-0.4, -0.2) is 41.2 Å². The molecule has 4 nitrogen and oxygen atoms in total. The molecular weight excluding hydrogens is 389 g/mol. The molecule has 0 unspecified atom stereocenters. The fourth-order valence-electron chi connectivity index (χ4n) is 3.76. The molecule has 6 heteroatoms. The van der Waals surface area contributed by atoms with Crippen LogP contribution in [-0.2, 0) is 6.54 Å². The molecule has 0 aliphatic carbocycles. The van der Waals surface area contributed by atoms with E-state index in [-0.39, 0.29) is 5.82 Å². The first-order valence-electron chi connectivity index (χ1n) is 9.71. The number of benzene rings is 2. The van der Waals surface area contributed by atoms with Gasteiger partial charge in [-0.1, -0.05) is 41.9 Å². The Morgan fingerprint density at radius 3 is 2.41 bits per heavy atom. The number of hydrogen-bond donors (Lipinski definition) is 1. The van der Waals surface area contributed by atoms with Gasteiger partial charge >= 0.3 is 0 Å². The minimum atomic E-state index is -0.964. The standard InChI is InChI=1S/C23H23ClFN3O/c24-18-9-7-17(8-10-18)16-27-12-14-28(15-13-27)22-19(4-3-5-20(22)25)23(29)21-6-1-2-11-26-21/h1-11,23,29H,12-16H2/t23-/m0/s1. The van der Waals surface area contributed by atoms with Crippen molar-refractivity contribution in [2.24, 2.45) is 0 Å². The van der Waals surface area contributed by atoms with Crippen LogP contribution in [0.3, 0.4) is 0 Å². The number of para-hydroxylation sites is 1. The number of halogens is 2. The van der Waals surface area contributed by atoms with Crippen LogP contribution in [0.25, 0.3) is 0 Å². The van der Waals surface area contributed by atoms with Gasteiger partial charge in [-0.2, -0.15) is 0 Å². The monoisotopic (exact) mass is 411 g/mol. The van der Waals surface area contributed by atoms with Gasteiger partial charge in [0.05, 0.1) is 11.4 Å². The Morgan fingerprint density at radius 2 is 1.72 bits per heavy atom. The van der Waals surface area contributed by atoms with Crippen LogP contribution in [0.4, 0.5) is 10.1 Å². The molecule has 0 radical (unpaired) electrons. The number of nitrogens with zero attached hydrogens (tertiary/aromatic N) is 3. The largest absolute Gasteiger partial charge is 0.382 e. The Bertz CT molecular complexity index is 944. The van der Waals surface area contributed by atoms with Crippen LogP contribution in [0, 0.1) is 5.82 Å². The van der Waals surface area contributed by atoms with Gasteiger partial charge in [-0.3, -0.25) is 9.88 Å². The Balaban J connectivity index is 1.49. The second kappa shape index (κ2) is 8.91. The van der Waals surface area contributed by atoms with Gasteiger partial charge in [0.25, 0.3) is 0 Å². The zero-order valence-electron chi connectivity index (χ0n) is 16.0. The van der Waals surface area contributed by atoms with Crippen LogP contribution < -0.4 is 4.90 Å². The van der Waals surface area contributed by atoms with Gasteiger partial charge in [0.1, 0.15) is 11.9 Å². The lowest BCUT2D eigenvalue weighted by molar-refractivity contribution is 0.213. The highest BCUT2D eigenvalue weighted by Gasteiger charge is 2.25. The molecule has 4 rings (SSSR count). The van der Waals surface area contributed by atoms with Crippen molar-refractivity contribution in [2.75, 3.05) is 31.1 Å². The van der Waals surface area contributed by atoms with Crippen molar-refractivity contribution < 1.29 is 9.50 Å². The molecule has 1 atom stereocenters. The molecule has 1 fully saturated rings. The van der Waals surface area contributed by atoms with Crippen molar-refractivity contribution in [1.29, 1.82) is 0 Å². The van der Waals surface area contributed by atoms with E-state index >= 15 is 0 Å². The molecule has 29 heavy (non-hydrogen) atoms. The molecule has 150 valence electrons. The smallest absolute Gasteiger partial charge is 0.146 e. The highest BCUT2D eigenvalue weighted by Crippen LogP contribution is 2.33. The van der Waals surface area contributed by atoms with E-state index in [1.165, 1.54) is 11.6 Å². The predicted octanol–water partition coefficient (Wildman–Crippen LogP) is 4.28. The van der Waals surface area contributed by atoms with E-state index in [9.17, 15) is 9.50 Å². The number of piperazine rings is 1. The Hall–Kier alpha value is -2.47. The number of aliphatic hydroxyl groups is 1. The summed E-state index contributed by atoms with van der Waals surface area (Å²) in [5, 5.41) is 11.6. The lowest BCUT2D eigenvalue weighted by Crippen LogP contribution is -2.46. The molecule has 1 saturated heterocycles. The molecule has 1 N–H and O–H groups in total. The average molecular weight is 412 g/mol. The summed E-state index contributed by atoms with van der Waals surface area (Å²) in [7, 11) is 0. The summed E-state index contributed by atoms with van der Waals surface area (Å²) in [6, 6.07) is 18.1. The normalized spacial score (nSPS) is 16.0. The Kier molecular flexibility index (Phi) is 6.09. The van der Waals surface area contributed by atoms with Gasteiger partial charge < -0.3 is 10.0 Å². The van der Waals surface area contributed by atoms with Crippen molar-refractivity contribution in [3.8, 4) is 0 Å². The molecule has 2 aromatic carbocycles. The maximum absolute atomic E-state index is 14.8. The lowest BCUT2D eigenvalue weighted by Gasteiger charge is -2.37. The minimum absolute atomic E-state index is 0.316. The summed E-state index contributed by atoms with van der Waals surface area (Å²) in [5.41, 5.74) is 2.74. The van der Waals surface area contributed by atoms with E-state index in [1.807, 2.05) is 35.2 Å². The summed E-state index contributed by atoms with van der Waals surface area (Å²) in [6.45, 7) is 3.85. The molecule has 1 aliphatic rings. The second-order valence-electron chi connectivity index (χ2n) is 7.22. The van der Waals surface area contributed by atoms with Gasteiger partial charge in [-0.25, -0.2) is 4.39 Å². The van der Waals surface area contributed by atoms with E-state index < -0.39 is 6.10 Å². The van der Waals surface area contributed by atoms with E-state index in [0.717, 1.165) is 24.7 Å². The van der Waals surface area contributed by atoms with Gasteiger partial charge in [0.15, 0.2) is 0 Å². The first kappa shape index (κ1) is 19.8. The van der Waals surface area contributed by atoms with Crippen LogP contribution in [0.5, 0.6) is 0 Å². The SMILES string of the molecule is O[C@H](c1ccccn1)c1cccc(F)c1N1CCN(Cc2ccc(Cl)cc2)CC1. The maximum atomic E-state index is 14.8. The van der Waals surface area contributed by atoms with Crippen molar-refractivity contribution in [1.82, 2.24) is 9.88 Å². The number of pyridine rings is 1. The second-order valence-corrected chi connectivity index (χ2v) is 7.66. The van der Waals surface area contributed by atoms with Crippen molar-refractivity contribution in [3.05, 3.63) is 94.5 Å². The number of aliphatic hydroxyl groups excluding tert-OH is 1. The highest BCUT2D eigenvalue weighted by molar-refractivity contribution is 6.30. The van der Waals surface area contributed by atoms with E-state index in [4.69, 9.17) is 11.6 Å². The van der Waals surface area contributed by atoms with Crippen LogP contribution in [0.2, 0.25) is 5.02 Å². The number of aromatic nitrogens is 1. The predicted molar refractivity (Wildman–Crippen MR) is 114 cm³/mol. The first-order chi connectivity index (χ1) is 14.1. The van der Waals surface area contributed by atoms with E-state index in [2.05, 4.69) is 9.88 Å². The lowest BCUT2D eigenvalue weighted by atomic mass is 10.0. The molecule has 0 bridgehead atoms. The zero-order valence-corrected chi connectivity index (χ0v) is 16.8. The van der Waals surface area contributed by atoms with Crippen molar-refractivity contribution in [3.63, 3.8) is 0 Å². The summed E-state index contributed by atoms with van der Waals surface area (Å²) in [4.78, 5) is 8.59. The van der Waals surface area contributed by atoms with Gasteiger partial charge in [0, 0.05) is 49.5 Å². The average Bonchev–Trinajstić information content (AvgIpc) is 2.76. The van der Waals surface area contributed by atoms with Crippen LogP contribution in [0.1, 0.15) is 22.9 Å². The molecular formula is C23H23ClFN3O. The fraction of sp³-hybridized carbons (Fsp3) is 0.261. The summed E-state index contributed by atoms with van der Waals surface area (Å²) < 4.78 is 14.8. The molecule has 0 spiro atoms. The topological polar surface area (TPSA) is 39.6 Å². The van der Waals surface area contributed by atoms with Gasteiger partial charge in [0.2, 0.25) is 0 Å². The summed E-state index contributed by atoms with van der Waals surface area (Å²) >= 11 is 5.96. The fourth-order valence-corrected chi connectivity index (χ4v) is 3.89. The summed E-state index contributed by atoms with van der Waals surface area (Å²) in [6.07, 6.45) is 0.668. The third kappa shape index (κ3) is 4.58. The zero-order chi connectivity index (χ0) is 20.2. The molecule has 3 aromatic rings. The molecule has 0 saturated carbocycles. The van der Waals surface area contributed by atoms with Crippen LogP contribution >= 0.6 is 11.6 Å². The quantitative estimate of drug-likeness (QED) is 0.680. The van der Waals surface area contributed by atoms with E-state index in [1.54, 1.807) is 30.5 Å². The third-order valence-electron chi connectivity index (χ3n) is 5.29. The Labute approximate surface area is 175 Å².